The van der Waals surface area contributed by atoms with E-state index in [4.69, 9.17) is 4.74 Å². The SMILES string of the molecule is CCCc1ccc(C2(C)NC(=O)N(CC(=O)N3CCCC(C(=O)OCC)C3)C2=O)cc1. The van der Waals surface area contributed by atoms with Gasteiger partial charge in [-0.05, 0) is 44.2 Å². The predicted octanol–water partition coefficient (Wildman–Crippen LogP) is 2.21. The first-order valence-corrected chi connectivity index (χ1v) is 11.0. The van der Waals surface area contributed by atoms with Gasteiger partial charge >= 0.3 is 12.0 Å². The number of piperidine rings is 1. The number of rotatable bonds is 7. The van der Waals surface area contributed by atoms with Crippen LogP contribution in [0.3, 0.4) is 0 Å². The zero-order chi connectivity index (χ0) is 22.6. The summed E-state index contributed by atoms with van der Waals surface area (Å²) in [5.74, 6) is -1.48. The molecule has 0 radical (unpaired) electrons. The molecular weight excluding hydrogens is 398 g/mol. The van der Waals surface area contributed by atoms with Gasteiger partial charge in [0.1, 0.15) is 12.1 Å². The monoisotopic (exact) mass is 429 g/mol. The second-order valence-corrected chi connectivity index (χ2v) is 8.32. The molecule has 1 N–H and O–H groups in total. The fraction of sp³-hybridized carbons (Fsp3) is 0.565. The molecule has 2 saturated heterocycles. The van der Waals surface area contributed by atoms with Gasteiger partial charge in [0.2, 0.25) is 5.91 Å². The molecule has 2 fully saturated rings. The van der Waals surface area contributed by atoms with Crippen LogP contribution < -0.4 is 5.32 Å². The molecule has 0 aromatic heterocycles. The number of nitrogens with one attached hydrogen (secondary N) is 1. The van der Waals surface area contributed by atoms with E-state index in [9.17, 15) is 19.2 Å². The van der Waals surface area contributed by atoms with Gasteiger partial charge in [0.05, 0.1) is 12.5 Å². The third-order valence-electron chi connectivity index (χ3n) is 6.03. The lowest BCUT2D eigenvalue weighted by atomic mass is 9.91. The van der Waals surface area contributed by atoms with Crippen molar-refractivity contribution in [2.24, 2.45) is 5.92 Å². The van der Waals surface area contributed by atoms with Crippen LogP contribution in [-0.4, -0.2) is 59.9 Å². The molecule has 3 rings (SSSR count). The lowest BCUT2D eigenvalue weighted by molar-refractivity contribution is -0.152. The van der Waals surface area contributed by atoms with Crippen molar-refractivity contribution < 1.29 is 23.9 Å². The van der Waals surface area contributed by atoms with Crippen molar-refractivity contribution in [2.75, 3.05) is 26.2 Å². The summed E-state index contributed by atoms with van der Waals surface area (Å²) in [5.41, 5.74) is 0.637. The average Bonchev–Trinajstić information content (AvgIpc) is 2.98. The number of aryl methyl sites for hydroxylation is 1. The molecular formula is C23H31N3O5. The maximum absolute atomic E-state index is 13.1. The highest BCUT2D eigenvalue weighted by atomic mass is 16.5. The maximum Gasteiger partial charge on any atom is 0.325 e. The van der Waals surface area contributed by atoms with Crippen molar-refractivity contribution in [2.45, 2.75) is 52.0 Å². The normalized spacial score (nSPS) is 23.6. The average molecular weight is 430 g/mol. The van der Waals surface area contributed by atoms with E-state index in [1.165, 1.54) is 5.56 Å². The van der Waals surface area contributed by atoms with Gasteiger partial charge in [0.25, 0.3) is 5.91 Å². The molecule has 2 unspecified atom stereocenters. The van der Waals surface area contributed by atoms with Gasteiger partial charge in [-0.25, -0.2) is 4.79 Å². The fourth-order valence-corrected chi connectivity index (χ4v) is 4.22. The zero-order valence-corrected chi connectivity index (χ0v) is 18.5. The zero-order valence-electron chi connectivity index (χ0n) is 18.5. The number of imide groups is 1. The van der Waals surface area contributed by atoms with E-state index in [1.807, 2.05) is 24.3 Å². The molecule has 2 aliphatic heterocycles. The molecule has 4 amide bonds. The third kappa shape index (κ3) is 4.73. The summed E-state index contributed by atoms with van der Waals surface area (Å²) < 4.78 is 5.07. The number of carbonyl (C=O) groups excluding carboxylic acids is 4. The molecule has 2 atom stereocenters. The first-order chi connectivity index (χ1) is 14.8. The summed E-state index contributed by atoms with van der Waals surface area (Å²) in [6.07, 6.45) is 3.31. The van der Waals surface area contributed by atoms with Crippen molar-refractivity contribution in [1.82, 2.24) is 15.1 Å². The van der Waals surface area contributed by atoms with Gasteiger partial charge in [-0.15, -0.1) is 0 Å². The van der Waals surface area contributed by atoms with Crippen LogP contribution in [0.5, 0.6) is 0 Å². The van der Waals surface area contributed by atoms with Gasteiger partial charge in [0, 0.05) is 13.1 Å². The minimum absolute atomic E-state index is 0.247. The Balaban J connectivity index is 1.68. The molecule has 0 aliphatic carbocycles. The molecule has 0 saturated carbocycles. The third-order valence-corrected chi connectivity index (χ3v) is 6.03. The molecule has 0 spiro atoms. The molecule has 0 bridgehead atoms. The summed E-state index contributed by atoms with van der Waals surface area (Å²) in [5, 5.41) is 2.74. The van der Waals surface area contributed by atoms with Crippen molar-refractivity contribution in [3.8, 4) is 0 Å². The van der Waals surface area contributed by atoms with E-state index in [-0.39, 0.29) is 30.9 Å². The molecule has 168 valence electrons. The minimum Gasteiger partial charge on any atom is -0.466 e. The minimum atomic E-state index is -1.21. The number of likely N-dealkylation sites (tertiary alicyclic amines) is 1. The van der Waals surface area contributed by atoms with Crippen LogP contribution in [-0.2, 0) is 31.1 Å². The predicted molar refractivity (Wildman–Crippen MR) is 114 cm³/mol. The van der Waals surface area contributed by atoms with Crippen LogP contribution in [0.25, 0.3) is 0 Å². The Morgan fingerprint density at radius 3 is 2.55 bits per heavy atom. The van der Waals surface area contributed by atoms with Gasteiger partial charge < -0.3 is 15.0 Å². The first kappa shape index (κ1) is 22.8. The largest absolute Gasteiger partial charge is 0.466 e. The lowest BCUT2D eigenvalue weighted by Gasteiger charge is -2.32. The van der Waals surface area contributed by atoms with Crippen molar-refractivity contribution in [3.63, 3.8) is 0 Å². The Morgan fingerprint density at radius 1 is 1.19 bits per heavy atom. The summed E-state index contributed by atoms with van der Waals surface area (Å²) in [7, 11) is 0. The number of benzene rings is 1. The van der Waals surface area contributed by atoms with Crippen LogP contribution >= 0.6 is 0 Å². The number of amides is 4. The van der Waals surface area contributed by atoms with E-state index in [0.29, 0.717) is 31.6 Å². The van der Waals surface area contributed by atoms with Crippen molar-refractivity contribution in [1.29, 1.82) is 0 Å². The number of hydrogen-bond acceptors (Lipinski definition) is 5. The smallest absolute Gasteiger partial charge is 0.325 e. The van der Waals surface area contributed by atoms with E-state index in [1.54, 1.807) is 18.7 Å². The molecule has 1 aromatic rings. The van der Waals surface area contributed by atoms with E-state index in [2.05, 4.69) is 12.2 Å². The van der Waals surface area contributed by atoms with E-state index >= 15 is 0 Å². The Morgan fingerprint density at radius 2 is 1.90 bits per heavy atom. The van der Waals surface area contributed by atoms with Crippen molar-refractivity contribution in [3.05, 3.63) is 35.4 Å². The van der Waals surface area contributed by atoms with Gasteiger partial charge in [-0.1, -0.05) is 37.6 Å². The lowest BCUT2D eigenvalue weighted by Crippen LogP contribution is -2.48. The highest BCUT2D eigenvalue weighted by Gasteiger charge is 2.49. The second kappa shape index (κ2) is 9.49. The van der Waals surface area contributed by atoms with Gasteiger partial charge in [-0.3, -0.25) is 19.3 Å². The standard InChI is InChI=1S/C23H31N3O5/c1-4-7-16-9-11-18(12-10-16)23(3)21(29)26(22(30)24-23)15-19(27)25-13-6-8-17(14-25)20(28)31-5-2/h9-12,17H,4-8,13-15H2,1-3H3,(H,24,30). The number of esters is 1. The number of hydrogen-bond donors (Lipinski definition) is 1. The molecule has 1 aromatic carbocycles. The van der Waals surface area contributed by atoms with Gasteiger partial charge in [0.15, 0.2) is 0 Å². The fourth-order valence-electron chi connectivity index (χ4n) is 4.22. The highest BCUT2D eigenvalue weighted by Crippen LogP contribution is 2.29. The van der Waals surface area contributed by atoms with Crippen LogP contribution in [0.4, 0.5) is 4.79 Å². The molecule has 2 aliphatic rings. The summed E-state index contributed by atoms with van der Waals surface area (Å²) in [4.78, 5) is 53.1. The Labute approximate surface area is 182 Å². The molecule has 2 heterocycles. The topological polar surface area (TPSA) is 96.0 Å². The summed E-state index contributed by atoms with van der Waals surface area (Å²) >= 11 is 0. The number of ether oxygens (including phenoxy) is 1. The van der Waals surface area contributed by atoms with Crippen LogP contribution in [0.2, 0.25) is 0 Å². The van der Waals surface area contributed by atoms with Crippen LogP contribution in [0.1, 0.15) is 51.2 Å². The number of nitrogens with zero attached hydrogens (tertiary/aromatic N) is 2. The Bertz CT molecular complexity index is 853. The number of urea groups is 1. The maximum atomic E-state index is 13.1. The molecule has 31 heavy (non-hydrogen) atoms. The van der Waals surface area contributed by atoms with Crippen LogP contribution in [0.15, 0.2) is 24.3 Å². The Kier molecular flexibility index (Phi) is 6.97. The van der Waals surface area contributed by atoms with E-state index in [0.717, 1.165) is 17.7 Å². The highest BCUT2D eigenvalue weighted by molar-refractivity contribution is 6.09. The van der Waals surface area contributed by atoms with Crippen LogP contribution in [0, 0.1) is 5.92 Å². The van der Waals surface area contributed by atoms with E-state index < -0.39 is 17.5 Å². The second-order valence-electron chi connectivity index (χ2n) is 8.32. The van der Waals surface area contributed by atoms with Gasteiger partial charge in [-0.2, -0.15) is 0 Å². The molecule has 8 nitrogen and oxygen atoms in total. The summed E-state index contributed by atoms with van der Waals surface area (Å²) in [6.45, 7) is 6.20. The Hall–Kier alpha value is -2.90. The number of carbonyl (C=O) groups is 4. The van der Waals surface area contributed by atoms with Crippen molar-refractivity contribution >= 4 is 23.8 Å². The quantitative estimate of drug-likeness (QED) is 0.530. The molecule has 8 heteroatoms. The first-order valence-electron chi connectivity index (χ1n) is 11.0. The summed E-state index contributed by atoms with van der Waals surface area (Å²) in [6, 6.07) is 7.03.